The molecular formula is C12H18O3. The molecule has 0 heterocycles. The Kier molecular flexibility index (Phi) is 5.15. The van der Waals surface area contributed by atoms with Crippen molar-refractivity contribution in [2.75, 3.05) is 20.3 Å². The number of methoxy groups -OCH3 is 1. The van der Waals surface area contributed by atoms with Crippen LogP contribution in [-0.4, -0.2) is 25.4 Å². The molecule has 0 saturated carbocycles. The van der Waals surface area contributed by atoms with Gasteiger partial charge in [-0.15, -0.1) is 0 Å². The first kappa shape index (κ1) is 12.0. The summed E-state index contributed by atoms with van der Waals surface area (Å²) in [5.74, 6) is 0.805. The second kappa shape index (κ2) is 6.43. The SMILES string of the molecule is CCC(O)c1ccc(OCCOC)cc1. The van der Waals surface area contributed by atoms with Crippen LogP contribution < -0.4 is 4.74 Å². The highest BCUT2D eigenvalue weighted by molar-refractivity contribution is 5.28. The van der Waals surface area contributed by atoms with Crippen LogP contribution in [0, 0.1) is 0 Å². The molecule has 3 heteroatoms. The van der Waals surface area contributed by atoms with Gasteiger partial charge in [-0.1, -0.05) is 19.1 Å². The van der Waals surface area contributed by atoms with Gasteiger partial charge in [0, 0.05) is 7.11 Å². The molecule has 1 aromatic rings. The molecule has 0 aliphatic rings. The molecule has 84 valence electrons. The lowest BCUT2D eigenvalue weighted by Gasteiger charge is -2.09. The summed E-state index contributed by atoms with van der Waals surface area (Å²) in [5, 5.41) is 9.57. The summed E-state index contributed by atoms with van der Waals surface area (Å²) in [6.07, 6.45) is 0.349. The highest BCUT2D eigenvalue weighted by Gasteiger charge is 2.03. The lowest BCUT2D eigenvalue weighted by Crippen LogP contribution is -2.04. The number of aliphatic hydroxyl groups is 1. The zero-order valence-corrected chi connectivity index (χ0v) is 9.27. The van der Waals surface area contributed by atoms with E-state index < -0.39 is 0 Å². The number of rotatable bonds is 6. The molecule has 3 nitrogen and oxygen atoms in total. The molecule has 0 bridgehead atoms. The fourth-order valence-electron chi connectivity index (χ4n) is 1.26. The second-order valence-corrected chi connectivity index (χ2v) is 3.33. The van der Waals surface area contributed by atoms with E-state index in [2.05, 4.69) is 0 Å². The van der Waals surface area contributed by atoms with E-state index in [1.54, 1.807) is 7.11 Å². The van der Waals surface area contributed by atoms with Gasteiger partial charge >= 0.3 is 0 Å². The zero-order chi connectivity index (χ0) is 11.1. The monoisotopic (exact) mass is 210 g/mol. The Morgan fingerprint density at radius 1 is 1.20 bits per heavy atom. The Morgan fingerprint density at radius 3 is 2.40 bits per heavy atom. The Labute approximate surface area is 90.6 Å². The van der Waals surface area contributed by atoms with Gasteiger partial charge in [0.25, 0.3) is 0 Å². The van der Waals surface area contributed by atoms with Crippen molar-refractivity contribution in [1.29, 1.82) is 0 Å². The topological polar surface area (TPSA) is 38.7 Å². The molecule has 0 fully saturated rings. The highest BCUT2D eigenvalue weighted by atomic mass is 16.5. The minimum absolute atomic E-state index is 0.377. The molecule has 1 atom stereocenters. The number of ether oxygens (including phenoxy) is 2. The molecule has 0 saturated heterocycles. The van der Waals surface area contributed by atoms with Crippen LogP contribution >= 0.6 is 0 Å². The Bertz CT molecular complexity index is 269. The zero-order valence-electron chi connectivity index (χ0n) is 9.27. The molecule has 15 heavy (non-hydrogen) atoms. The maximum absolute atomic E-state index is 9.57. The van der Waals surface area contributed by atoms with Gasteiger partial charge in [0.05, 0.1) is 12.7 Å². The first-order valence-corrected chi connectivity index (χ1v) is 5.17. The molecule has 0 spiro atoms. The van der Waals surface area contributed by atoms with Crippen molar-refractivity contribution in [2.24, 2.45) is 0 Å². The summed E-state index contributed by atoms with van der Waals surface area (Å²) in [7, 11) is 1.64. The third-order valence-electron chi connectivity index (χ3n) is 2.21. The predicted molar refractivity (Wildman–Crippen MR) is 59.1 cm³/mol. The Hall–Kier alpha value is -1.06. The van der Waals surface area contributed by atoms with Crippen molar-refractivity contribution in [3.8, 4) is 5.75 Å². The predicted octanol–water partition coefficient (Wildman–Crippen LogP) is 2.16. The fourth-order valence-corrected chi connectivity index (χ4v) is 1.26. The van der Waals surface area contributed by atoms with Crippen molar-refractivity contribution in [3.63, 3.8) is 0 Å². The quantitative estimate of drug-likeness (QED) is 0.731. The standard InChI is InChI=1S/C12H18O3/c1-3-12(13)10-4-6-11(7-5-10)15-9-8-14-2/h4-7,12-13H,3,8-9H2,1-2H3. The van der Waals surface area contributed by atoms with Crippen LogP contribution in [0.2, 0.25) is 0 Å². The van der Waals surface area contributed by atoms with E-state index in [9.17, 15) is 5.11 Å². The summed E-state index contributed by atoms with van der Waals surface area (Å²) in [6.45, 7) is 3.08. The van der Waals surface area contributed by atoms with E-state index in [0.29, 0.717) is 13.2 Å². The average Bonchev–Trinajstić information content (AvgIpc) is 2.29. The van der Waals surface area contributed by atoms with Gasteiger partial charge in [-0.05, 0) is 24.1 Å². The highest BCUT2D eigenvalue weighted by Crippen LogP contribution is 2.19. The van der Waals surface area contributed by atoms with Gasteiger partial charge < -0.3 is 14.6 Å². The first-order chi connectivity index (χ1) is 7.27. The third-order valence-corrected chi connectivity index (χ3v) is 2.21. The van der Waals surface area contributed by atoms with Crippen molar-refractivity contribution >= 4 is 0 Å². The number of aliphatic hydroxyl groups excluding tert-OH is 1. The lowest BCUT2D eigenvalue weighted by atomic mass is 10.1. The van der Waals surface area contributed by atoms with Crippen LogP contribution in [0.15, 0.2) is 24.3 Å². The van der Waals surface area contributed by atoms with E-state index in [4.69, 9.17) is 9.47 Å². The number of benzene rings is 1. The summed E-state index contributed by atoms with van der Waals surface area (Å²) in [5.41, 5.74) is 0.927. The van der Waals surface area contributed by atoms with Crippen molar-refractivity contribution in [2.45, 2.75) is 19.4 Å². The van der Waals surface area contributed by atoms with Crippen LogP contribution in [0.4, 0.5) is 0 Å². The first-order valence-electron chi connectivity index (χ1n) is 5.17. The third kappa shape index (κ3) is 3.90. The van der Waals surface area contributed by atoms with Gasteiger partial charge in [0.15, 0.2) is 0 Å². The molecule has 0 aliphatic heterocycles. The van der Waals surface area contributed by atoms with Crippen molar-refractivity contribution < 1.29 is 14.6 Å². The van der Waals surface area contributed by atoms with Gasteiger partial charge in [-0.25, -0.2) is 0 Å². The summed E-state index contributed by atoms with van der Waals surface area (Å²) in [6, 6.07) is 7.50. The Balaban J connectivity index is 2.49. The van der Waals surface area contributed by atoms with E-state index >= 15 is 0 Å². The number of hydrogen-bond acceptors (Lipinski definition) is 3. The molecule has 0 aliphatic carbocycles. The van der Waals surface area contributed by atoms with Crippen LogP contribution in [0.5, 0.6) is 5.75 Å². The molecule has 1 N–H and O–H groups in total. The van der Waals surface area contributed by atoms with Crippen LogP contribution in [0.1, 0.15) is 25.0 Å². The minimum Gasteiger partial charge on any atom is -0.491 e. The maximum Gasteiger partial charge on any atom is 0.119 e. The van der Waals surface area contributed by atoms with E-state index in [1.807, 2.05) is 31.2 Å². The van der Waals surface area contributed by atoms with Crippen molar-refractivity contribution in [3.05, 3.63) is 29.8 Å². The average molecular weight is 210 g/mol. The summed E-state index contributed by atoms with van der Waals surface area (Å²) in [4.78, 5) is 0. The Morgan fingerprint density at radius 2 is 1.87 bits per heavy atom. The van der Waals surface area contributed by atoms with Gasteiger partial charge in [-0.2, -0.15) is 0 Å². The van der Waals surface area contributed by atoms with E-state index in [0.717, 1.165) is 17.7 Å². The molecule has 0 aromatic heterocycles. The van der Waals surface area contributed by atoms with Crippen LogP contribution in [-0.2, 0) is 4.74 Å². The molecule has 0 radical (unpaired) electrons. The summed E-state index contributed by atoms with van der Waals surface area (Å²) >= 11 is 0. The van der Waals surface area contributed by atoms with E-state index in [1.165, 1.54) is 0 Å². The largest absolute Gasteiger partial charge is 0.491 e. The van der Waals surface area contributed by atoms with Gasteiger partial charge in [-0.3, -0.25) is 0 Å². The van der Waals surface area contributed by atoms with E-state index in [-0.39, 0.29) is 6.10 Å². The molecule has 1 aromatic carbocycles. The lowest BCUT2D eigenvalue weighted by molar-refractivity contribution is 0.146. The minimum atomic E-state index is -0.377. The molecule has 0 amide bonds. The molecule has 1 rings (SSSR count). The molecular weight excluding hydrogens is 192 g/mol. The molecule has 1 unspecified atom stereocenters. The maximum atomic E-state index is 9.57. The van der Waals surface area contributed by atoms with Crippen LogP contribution in [0.25, 0.3) is 0 Å². The van der Waals surface area contributed by atoms with Gasteiger partial charge in [0.1, 0.15) is 12.4 Å². The number of hydrogen-bond donors (Lipinski definition) is 1. The fraction of sp³-hybridized carbons (Fsp3) is 0.500. The van der Waals surface area contributed by atoms with Crippen molar-refractivity contribution in [1.82, 2.24) is 0 Å². The summed E-state index contributed by atoms with van der Waals surface area (Å²) < 4.78 is 10.3. The second-order valence-electron chi connectivity index (χ2n) is 3.33. The van der Waals surface area contributed by atoms with Crippen LogP contribution in [0.3, 0.4) is 0 Å². The van der Waals surface area contributed by atoms with Gasteiger partial charge in [0.2, 0.25) is 0 Å². The smallest absolute Gasteiger partial charge is 0.119 e. The normalized spacial score (nSPS) is 12.5.